The first kappa shape index (κ1) is 9.96. The van der Waals surface area contributed by atoms with Crippen LogP contribution in [0.1, 0.15) is 52.4 Å². The minimum Gasteiger partial charge on any atom is -0.255 e. The van der Waals surface area contributed by atoms with Crippen LogP contribution in [-0.4, -0.2) is 6.04 Å². The minimum atomic E-state index is 0.219. The zero-order chi connectivity index (χ0) is 7.82. The summed E-state index contributed by atoms with van der Waals surface area (Å²) in [6.07, 6.45) is 7.20. The maximum Gasteiger partial charge on any atom is 0.0212 e. The van der Waals surface area contributed by atoms with E-state index in [2.05, 4.69) is 13.8 Å². The molecular weight excluding hydrogens is 122 g/mol. The van der Waals surface area contributed by atoms with Gasteiger partial charge in [0.1, 0.15) is 0 Å². The smallest absolute Gasteiger partial charge is 0.0212 e. The number of unbranched alkanes of at least 4 members (excludes halogenated alkanes) is 2. The summed E-state index contributed by atoms with van der Waals surface area (Å²) in [5.74, 6) is 0. The standard InChI is InChI=1S/C9H20N/c1-3-5-6-8-9(10)7-4-2/h9-10H,3-8H2,1-2H3. The number of hydrogen-bond donors (Lipinski definition) is 0. The van der Waals surface area contributed by atoms with Crippen molar-refractivity contribution in [1.29, 1.82) is 0 Å². The second-order valence-electron chi connectivity index (χ2n) is 2.98. The van der Waals surface area contributed by atoms with Crippen LogP contribution in [0, 0.1) is 0 Å². The first-order valence-electron chi connectivity index (χ1n) is 4.52. The molecule has 0 bridgehead atoms. The third kappa shape index (κ3) is 6.09. The van der Waals surface area contributed by atoms with Gasteiger partial charge in [0.25, 0.3) is 0 Å². The van der Waals surface area contributed by atoms with Gasteiger partial charge in [0, 0.05) is 6.04 Å². The van der Waals surface area contributed by atoms with E-state index in [0.717, 1.165) is 12.8 Å². The molecule has 1 N–H and O–H groups in total. The molecule has 1 atom stereocenters. The molecule has 0 aliphatic carbocycles. The topological polar surface area (TPSA) is 23.8 Å². The van der Waals surface area contributed by atoms with Gasteiger partial charge in [-0.1, -0.05) is 39.5 Å². The monoisotopic (exact) mass is 142 g/mol. The van der Waals surface area contributed by atoms with E-state index in [4.69, 9.17) is 5.73 Å². The molecule has 0 saturated heterocycles. The third-order valence-electron chi connectivity index (χ3n) is 1.79. The fraction of sp³-hybridized carbons (Fsp3) is 1.00. The Morgan fingerprint density at radius 1 is 1.00 bits per heavy atom. The Kier molecular flexibility index (Phi) is 7.04. The summed E-state index contributed by atoms with van der Waals surface area (Å²) >= 11 is 0. The second kappa shape index (κ2) is 7.07. The summed E-state index contributed by atoms with van der Waals surface area (Å²) in [5, 5.41) is 0. The van der Waals surface area contributed by atoms with E-state index in [-0.39, 0.29) is 6.04 Å². The highest BCUT2D eigenvalue weighted by Crippen LogP contribution is 2.06. The predicted octanol–water partition coefficient (Wildman–Crippen LogP) is 3.02. The van der Waals surface area contributed by atoms with E-state index in [1.54, 1.807) is 0 Å². The number of hydrogen-bond acceptors (Lipinski definition) is 0. The van der Waals surface area contributed by atoms with Gasteiger partial charge in [-0.05, 0) is 12.8 Å². The van der Waals surface area contributed by atoms with Crippen LogP contribution in [0.3, 0.4) is 0 Å². The van der Waals surface area contributed by atoms with Gasteiger partial charge in [-0.2, -0.15) is 0 Å². The third-order valence-corrected chi connectivity index (χ3v) is 1.79. The Morgan fingerprint density at radius 3 is 2.20 bits per heavy atom. The molecule has 1 radical (unpaired) electrons. The van der Waals surface area contributed by atoms with Gasteiger partial charge in [-0.25, -0.2) is 0 Å². The van der Waals surface area contributed by atoms with Gasteiger partial charge >= 0.3 is 0 Å². The fourth-order valence-corrected chi connectivity index (χ4v) is 1.13. The van der Waals surface area contributed by atoms with Crippen LogP contribution < -0.4 is 5.73 Å². The zero-order valence-electron chi connectivity index (χ0n) is 7.32. The van der Waals surface area contributed by atoms with Crippen molar-refractivity contribution in [2.75, 3.05) is 0 Å². The molecule has 0 amide bonds. The molecule has 1 unspecified atom stereocenters. The van der Waals surface area contributed by atoms with Crippen molar-refractivity contribution in [2.45, 2.75) is 58.4 Å². The SMILES string of the molecule is CCCCCC([NH])CCC. The fourth-order valence-electron chi connectivity index (χ4n) is 1.13. The summed E-state index contributed by atoms with van der Waals surface area (Å²) in [7, 11) is 0. The Balaban J connectivity index is 2.97. The highest BCUT2D eigenvalue weighted by Gasteiger charge is 1.99. The molecule has 1 heteroatoms. The lowest BCUT2D eigenvalue weighted by Gasteiger charge is -2.06. The molecule has 10 heavy (non-hydrogen) atoms. The van der Waals surface area contributed by atoms with Crippen LogP contribution in [-0.2, 0) is 0 Å². The maximum atomic E-state index is 7.55. The largest absolute Gasteiger partial charge is 0.255 e. The highest BCUT2D eigenvalue weighted by atomic mass is 14.6. The van der Waals surface area contributed by atoms with Crippen molar-refractivity contribution < 1.29 is 0 Å². The Hall–Kier alpha value is -0.0400. The molecule has 0 fully saturated rings. The molecule has 0 aromatic rings. The number of nitrogens with one attached hydrogen (secondary N) is 1. The van der Waals surface area contributed by atoms with Gasteiger partial charge < -0.3 is 0 Å². The van der Waals surface area contributed by atoms with Gasteiger partial charge in [-0.3, -0.25) is 5.73 Å². The molecule has 0 aliphatic heterocycles. The lowest BCUT2D eigenvalue weighted by molar-refractivity contribution is 0.512. The van der Waals surface area contributed by atoms with E-state index >= 15 is 0 Å². The highest BCUT2D eigenvalue weighted by molar-refractivity contribution is 4.58. The second-order valence-corrected chi connectivity index (χ2v) is 2.98. The van der Waals surface area contributed by atoms with Gasteiger partial charge in [0.05, 0.1) is 0 Å². The molecular formula is C9H20N. The Labute approximate surface area is 65.0 Å². The van der Waals surface area contributed by atoms with Crippen LogP contribution in [0.4, 0.5) is 0 Å². The van der Waals surface area contributed by atoms with Crippen molar-refractivity contribution in [3.05, 3.63) is 0 Å². The van der Waals surface area contributed by atoms with Gasteiger partial charge in [0.15, 0.2) is 0 Å². The molecule has 0 aliphatic rings. The van der Waals surface area contributed by atoms with Gasteiger partial charge in [-0.15, -0.1) is 0 Å². The Bertz CT molecular complexity index is 61.7. The van der Waals surface area contributed by atoms with Gasteiger partial charge in [0.2, 0.25) is 0 Å². The number of rotatable bonds is 6. The van der Waals surface area contributed by atoms with Crippen LogP contribution in [0.25, 0.3) is 0 Å². The maximum absolute atomic E-state index is 7.55. The summed E-state index contributed by atoms with van der Waals surface area (Å²) in [5.41, 5.74) is 7.55. The molecule has 0 spiro atoms. The van der Waals surface area contributed by atoms with E-state index < -0.39 is 0 Å². The average Bonchev–Trinajstić information content (AvgIpc) is 1.89. The van der Waals surface area contributed by atoms with Crippen molar-refractivity contribution in [3.8, 4) is 0 Å². The minimum absolute atomic E-state index is 0.219. The van der Waals surface area contributed by atoms with Crippen LogP contribution >= 0.6 is 0 Å². The molecule has 0 aromatic heterocycles. The molecule has 61 valence electrons. The molecule has 0 rings (SSSR count). The van der Waals surface area contributed by atoms with E-state index in [1.807, 2.05) is 0 Å². The van der Waals surface area contributed by atoms with Crippen molar-refractivity contribution in [2.24, 2.45) is 0 Å². The lowest BCUT2D eigenvalue weighted by Crippen LogP contribution is -2.07. The molecule has 0 saturated carbocycles. The van der Waals surface area contributed by atoms with Crippen LogP contribution in [0.15, 0.2) is 0 Å². The summed E-state index contributed by atoms with van der Waals surface area (Å²) in [6.45, 7) is 4.36. The Morgan fingerprint density at radius 2 is 1.70 bits per heavy atom. The summed E-state index contributed by atoms with van der Waals surface area (Å²) in [4.78, 5) is 0. The molecule has 0 heterocycles. The first-order valence-corrected chi connectivity index (χ1v) is 4.52. The normalized spacial score (nSPS) is 13.5. The van der Waals surface area contributed by atoms with Crippen LogP contribution in [0.5, 0.6) is 0 Å². The van der Waals surface area contributed by atoms with E-state index in [0.29, 0.717) is 0 Å². The van der Waals surface area contributed by atoms with E-state index in [1.165, 1.54) is 25.7 Å². The summed E-state index contributed by atoms with van der Waals surface area (Å²) < 4.78 is 0. The predicted molar refractivity (Wildman–Crippen MR) is 45.9 cm³/mol. The van der Waals surface area contributed by atoms with Crippen molar-refractivity contribution >= 4 is 0 Å². The average molecular weight is 142 g/mol. The van der Waals surface area contributed by atoms with Crippen LogP contribution in [0.2, 0.25) is 0 Å². The van der Waals surface area contributed by atoms with Crippen molar-refractivity contribution in [1.82, 2.24) is 5.73 Å². The lowest BCUT2D eigenvalue weighted by atomic mass is 10.1. The first-order chi connectivity index (χ1) is 4.81. The molecule has 1 nitrogen and oxygen atoms in total. The zero-order valence-corrected chi connectivity index (χ0v) is 7.32. The quantitative estimate of drug-likeness (QED) is 0.509. The van der Waals surface area contributed by atoms with E-state index in [9.17, 15) is 0 Å². The molecule has 0 aromatic carbocycles. The van der Waals surface area contributed by atoms with Crippen molar-refractivity contribution in [3.63, 3.8) is 0 Å². The summed E-state index contributed by atoms with van der Waals surface area (Å²) in [6, 6.07) is 0.219.